The molecule has 1 aromatic carbocycles. The molecule has 0 bridgehead atoms. The number of benzene rings is 1. The standard InChI is InChI=1S/C19H22N2O/c1-14-9-15(2)11-17(10-14)18-6-4-8-21(18)19(22)12-16-5-3-7-20-13-16/h3,5,7,9-11,13,18H,4,6,8,12H2,1-2H3. The van der Waals surface area contributed by atoms with Crippen molar-refractivity contribution in [1.82, 2.24) is 9.88 Å². The second kappa shape index (κ2) is 6.30. The number of carbonyl (C=O) groups is 1. The van der Waals surface area contributed by atoms with Crippen LogP contribution in [0.25, 0.3) is 0 Å². The molecule has 3 nitrogen and oxygen atoms in total. The van der Waals surface area contributed by atoms with E-state index < -0.39 is 0 Å². The lowest BCUT2D eigenvalue weighted by Gasteiger charge is -2.26. The van der Waals surface area contributed by atoms with Crippen LogP contribution in [0, 0.1) is 13.8 Å². The van der Waals surface area contributed by atoms with E-state index in [1.54, 1.807) is 12.4 Å². The van der Waals surface area contributed by atoms with Crippen molar-refractivity contribution in [2.24, 2.45) is 0 Å². The van der Waals surface area contributed by atoms with Crippen molar-refractivity contribution in [3.8, 4) is 0 Å². The number of hydrogen-bond acceptors (Lipinski definition) is 2. The molecule has 1 fully saturated rings. The van der Waals surface area contributed by atoms with Gasteiger partial charge in [0.05, 0.1) is 12.5 Å². The van der Waals surface area contributed by atoms with Gasteiger partial charge in [-0.05, 0) is 43.9 Å². The second-order valence-electron chi connectivity index (χ2n) is 6.20. The maximum Gasteiger partial charge on any atom is 0.227 e. The van der Waals surface area contributed by atoms with Crippen LogP contribution in [0.1, 0.15) is 41.1 Å². The van der Waals surface area contributed by atoms with Crippen molar-refractivity contribution in [3.63, 3.8) is 0 Å². The van der Waals surface area contributed by atoms with E-state index in [9.17, 15) is 4.79 Å². The molecule has 3 rings (SSSR count). The largest absolute Gasteiger partial charge is 0.335 e. The van der Waals surface area contributed by atoms with Gasteiger partial charge in [0.2, 0.25) is 5.91 Å². The number of amides is 1. The molecule has 1 aliphatic heterocycles. The lowest BCUT2D eigenvalue weighted by Crippen LogP contribution is -2.31. The van der Waals surface area contributed by atoms with Crippen molar-refractivity contribution < 1.29 is 4.79 Å². The Labute approximate surface area is 132 Å². The summed E-state index contributed by atoms with van der Waals surface area (Å²) >= 11 is 0. The molecule has 1 amide bonds. The van der Waals surface area contributed by atoms with Crippen LogP contribution in [-0.2, 0) is 11.2 Å². The summed E-state index contributed by atoms with van der Waals surface area (Å²) in [6.45, 7) is 5.09. The number of carbonyl (C=O) groups excluding carboxylic acids is 1. The van der Waals surface area contributed by atoms with Crippen LogP contribution in [0.2, 0.25) is 0 Å². The molecule has 1 saturated heterocycles. The molecular weight excluding hydrogens is 272 g/mol. The minimum Gasteiger partial charge on any atom is -0.335 e. The maximum absolute atomic E-state index is 12.7. The van der Waals surface area contributed by atoms with Gasteiger partial charge in [0.25, 0.3) is 0 Å². The van der Waals surface area contributed by atoms with E-state index in [1.807, 2.05) is 17.0 Å². The minimum absolute atomic E-state index is 0.203. The van der Waals surface area contributed by atoms with Crippen LogP contribution >= 0.6 is 0 Å². The first-order chi connectivity index (χ1) is 10.6. The molecule has 1 aliphatic rings. The third-order valence-electron chi connectivity index (χ3n) is 4.28. The highest BCUT2D eigenvalue weighted by molar-refractivity contribution is 5.79. The van der Waals surface area contributed by atoms with E-state index in [-0.39, 0.29) is 11.9 Å². The van der Waals surface area contributed by atoms with E-state index in [0.717, 1.165) is 24.9 Å². The zero-order valence-corrected chi connectivity index (χ0v) is 13.2. The first kappa shape index (κ1) is 14.8. The monoisotopic (exact) mass is 294 g/mol. The van der Waals surface area contributed by atoms with E-state index in [4.69, 9.17) is 0 Å². The average molecular weight is 294 g/mol. The molecule has 0 saturated carbocycles. The third kappa shape index (κ3) is 3.19. The number of likely N-dealkylation sites (tertiary alicyclic amines) is 1. The minimum atomic E-state index is 0.203. The predicted octanol–water partition coefficient (Wildman–Crippen LogP) is 3.60. The van der Waals surface area contributed by atoms with Crippen LogP contribution in [0.4, 0.5) is 0 Å². The average Bonchev–Trinajstić information content (AvgIpc) is 2.97. The van der Waals surface area contributed by atoms with E-state index in [1.165, 1.54) is 16.7 Å². The Bertz CT molecular complexity index is 646. The van der Waals surface area contributed by atoms with Gasteiger partial charge in [0, 0.05) is 18.9 Å². The molecule has 0 spiro atoms. The van der Waals surface area contributed by atoms with Crippen LogP contribution in [-0.4, -0.2) is 22.3 Å². The molecule has 3 heteroatoms. The Morgan fingerprint density at radius 1 is 1.27 bits per heavy atom. The molecule has 0 radical (unpaired) electrons. The fraction of sp³-hybridized carbons (Fsp3) is 0.368. The Hall–Kier alpha value is -2.16. The molecule has 114 valence electrons. The molecule has 2 heterocycles. The summed E-state index contributed by atoms with van der Waals surface area (Å²) in [5, 5.41) is 0. The van der Waals surface area contributed by atoms with Crippen LogP contribution in [0.5, 0.6) is 0 Å². The number of pyridine rings is 1. The van der Waals surface area contributed by atoms with E-state index >= 15 is 0 Å². The number of aromatic nitrogens is 1. The quantitative estimate of drug-likeness (QED) is 0.866. The smallest absolute Gasteiger partial charge is 0.227 e. The molecule has 0 N–H and O–H groups in total. The highest BCUT2D eigenvalue weighted by Crippen LogP contribution is 2.33. The van der Waals surface area contributed by atoms with Crippen molar-refractivity contribution >= 4 is 5.91 Å². The molecule has 2 aromatic rings. The summed E-state index contributed by atoms with van der Waals surface area (Å²) < 4.78 is 0. The summed E-state index contributed by atoms with van der Waals surface area (Å²) in [7, 11) is 0. The molecule has 1 unspecified atom stereocenters. The van der Waals surface area contributed by atoms with Gasteiger partial charge in [-0.25, -0.2) is 0 Å². The number of aryl methyl sites for hydroxylation is 2. The molecule has 1 atom stereocenters. The first-order valence-corrected chi connectivity index (χ1v) is 7.90. The zero-order chi connectivity index (χ0) is 15.5. The van der Waals surface area contributed by atoms with Gasteiger partial charge < -0.3 is 4.90 Å². The Morgan fingerprint density at radius 2 is 2.05 bits per heavy atom. The van der Waals surface area contributed by atoms with Gasteiger partial charge in [-0.15, -0.1) is 0 Å². The maximum atomic E-state index is 12.7. The van der Waals surface area contributed by atoms with E-state index in [0.29, 0.717) is 6.42 Å². The van der Waals surface area contributed by atoms with Crippen molar-refractivity contribution in [2.75, 3.05) is 6.54 Å². The molecule has 1 aromatic heterocycles. The normalized spacial score (nSPS) is 17.7. The number of hydrogen-bond donors (Lipinski definition) is 0. The summed E-state index contributed by atoms with van der Waals surface area (Å²) in [6.07, 6.45) is 6.09. The lowest BCUT2D eigenvalue weighted by atomic mass is 9.99. The van der Waals surface area contributed by atoms with Gasteiger partial charge >= 0.3 is 0 Å². The Kier molecular flexibility index (Phi) is 4.23. The van der Waals surface area contributed by atoms with Gasteiger partial charge in [0.1, 0.15) is 0 Å². The predicted molar refractivity (Wildman–Crippen MR) is 87.5 cm³/mol. The Morgan fingerprint density at radius 3 is 2.73 bits per heavy atom. The topological polar surface area (TPSA) is 33.2 Å². The number of nitrogens with zero attached hydrogens (tertiary/aromatic N) is 2. The van der Waals surface area contributed by atoms with E-state index in [2.05, 4.69) is 37.0 Å². The van der Waals surface area contributed by atoms with Gasteiger partial charge in [-0.3, -0.25) is 9.78 Å². The summed E-state index contributed by atoms with van der Waals surface area (Å²) in [5.41, 5.74) is 4.79. The fourth-order valence-electron chi connectivity index (χ4n) is 3.39. The summed E-state index contributed by atoms with van der Waals surface area (Å²) in [6, 6.07) is 10.7. The number of rotatable bonds is 3. The molecule has 22 heavy (non-hydrogen) atoms. The van der Waals surface area contributed by atoms with Crippen molar-refractivity contribution in [3.05, 3.63) is 65.0 Å². The third-order valence-corrected chi connectivity index (χ3v) is 4.28. The van der Waals surface area contributed by atoms with Gasteiger partial charge in [0.15, 0.2) is 0 Å². The Balaban J connectivity index is 1.79. The first-order valence-electron chi connectivity index (χ1n) is 7.90. The summed E-state index contributed by atoms with van der Waals surface area (Å²) in [4.78, 5) is 18.8. The highest BCUT2D eigenvalue weighted by atomic mass is 16.2. The second-order valence-corrected chi connectivity index (χ2v) is 6.20. The van der Waals surface area contributed by atoms with Crippen molar-refractivity contribution in [2.45, 2.75) is 39.2 Å². The fourth-order valence-corrected chi connectivity index (χ4v) is 3.39. The van der Waals surface area contributed by atoms with Crippen LogP contribution < -0.4 is 0 Å². The highest BCUT2D eigenvalue weighted by Gasteiger charge is 2.29. The van der Waals surface area contributed by atoms with Gasteiger partial charge in [-0.2, -0.15) is 0 Å². The summed E-state index contributed by atoms with van der Waals surface area (Å²) in [5.74, 6) is 0.203. The zero-order valence-electron chi connectivity index (χ0n) is 13.2. The van der Waals surface area contributed by atoms with Gasteiger partial charge in [-0.1, -0.05) is 35.4 Å². The molecular formula is C19H22N2O. The van der Waals surface area contributed by atoms with Crippen molar-refractivity contribution in [1.29, 1.82) is 0 Å². The van der Waals surface area contributed by atoms with Crippen LogP contribution in [0.3, 0.4) is 0 Å². The van der Waals surface area contributed by atoms with Crippen LogP contribution in [0.15, 0.2) is 42.7 Å². The lowest BCUT2D eigenvalue weighted by molar-refractivity contribution is -0.131. The molecule has 0 aliphatic carbocycles. The SMILES string of the molecule is Cc1cc(C)cc(C2CCCN2C(=O)Cc2cccnc2)c1.